The molecule has 26 heavy (non-hydrogen) atoms. The molecule has 1 aliphatic heterocycles. The first-order valence-electron chi connectivity index (χ1n) is 8.25. The van der Waals surface area contributed by atoms with Crippen molar-refractivity contribution in [3.05, 3.63) is 58.1 Å². The minimum Gasteiger partial charge on any atom is -0.496 e. The van der Waals surface area contributed by atoms with Gasteiger partial charge in [-0.25, -0.2) is 0 Å². The van der Waals surface area contributed by atoms with E-state index >= 15 is 0 Å². The molecule has 0 aliphatic carbocycles. The number of aryl methyl sites for hydroxylation is 1. The summed E-state index contributed by atoms with van der Waals surface area (Å²) < 4.78 is 15.9. The van der Waals surface area contributed by atoms with E-state index < -0.39 is 0 Å². The molecule has 0 fully saturated rings. The van der Waals surface area contributed by atoms with Gasteiger partial charge in [-0.15, -0.1) is 0 Å². The van der Waals surface area contributed by atoms with Crippen molar-refractivity contribution in [2.45, 2.75) is 13.3 Å². The molecule has 0 atom stereocenters. The van der Waals surface area contributed by atoms with Gasteiger partial charge in [0.05, 0.1) is 12.1 Å². The van der Waals surface area contributed by atoms with E-state index in [9.17, 15) is 4.79 Å². The molecule has 3 rings (SSSR count). The molecule has 2 aromatic carbocycles. The number of amides is 1. The number of nitrogens with one attached hydrogen (secondary N) is 1. The highest BCUT2D eigenvalue weighted by molar-refractivity contribution is 6.32. The van der Waals surface area contributed by atoms with Crippen LogP contribution in [0.4, 0.5) is 0 Å². The van der Waals surface area contributed by atoms with E-state index in [4.69, 9.17) is 25.8 Å². The van der Waals surface area contributed by atoms with Gasteiger partial charge in [0.2, 0.25) is 12.7 Å². The van der Waals surface area contributed by atoms with Gasteiger partial charge in [-0.3, -0.25) is 4.79 Å². The molecule has 0 aromatic heterocycles. The topological polar surface area (TPSA) is 56.8 Å². The molecule has 1 aliphatic rings. The fraction of sp³-hybridized carbons (Fsp3) is 0.250. The number of fused-ring (bicyclic) bond motifs is 1. The molecule has 0 spiro atoms. The molecule has 0 saturated carbocycles. The summed E-state index contributed by atoms with van der Waals surface area (Å²) in [5.74, 6) is 1.78. The maximum atomic E-state index is 12.0. The van der Waals surface area contributed by atoms with Crippen LogP contribution in [0.5, 0.6) is 17.2 Å². The SMILES string of the molecule is COc1ccc(C)cc1CCNC(=O)/C=C/c1cc(Cl)c2c(c1)OCO2. The van der Waals surface area contributed by atoms with Crippen LogP contribution in [-0.2, 0) is 11.2 Å². The summed E-state index contributed by atoms with van der Waals surface area (Å²) >= 11 is 6.13. The highest BCUT2D eigenvalue weighted by atomic mass is 35.5. The Morgan fingerprint density at radius 2 is 2.15 bits per heavy atom. The normalized spacial score (nSPS) is 12.4. The number of carbonyl (C=O) groups is 1. The van der Waals surface area contributed by atoms with Gasteiger partial charge >= 0.3 is 0 Å². The molecular formula is C20H20ClNO4. The molecule has 1 amide bonds. The minimum absolute atomic E-state index is 0.158. The zero-order chi connectivity index (χ0) is 18.5. The smallest absolute Gasteiger partial charge is 0.244 e. The summed E-state index contributed by atoms with van der Waals surface area (Å²) in [6, 6.07) is 9.53. The van der Waals surface area contributed by atoms with Crippen molar-refractivity contribution in [3.8, 4) is 17.2 Å². The fourth-order valence-corrected chi connectivity index (χ4v) is 3.01. The predicted octanol–water partition coefficient (Wildman–Crippen LogP) is 3.76. The van der Waals surface area contributed by atoms with Gasteiger partial charge in [0.15, 0.2) is 11.5 Å². The van der Waals surface area contributed by atoms with Crippen molar-refractivity contribution in [1.82, 2.24) is 5.32 Å². The second kappa shape index (κ2) is 8.15. The largest absolute Gasteiger partial charge is 0.496 e. The molecular weight excluding hydrogens is 354 g/mol. The highest BCUT2D eigenvalue weighted by Crippen LogP contribution is 2.40. The van der Waals surface area contributed by atoms with Gasteiger partial charge in [-0.2, -0.15) is 0 Å². The second-order valence-electron chi connectivity index (χ2n) is 5.93. The van der Waals surface area contributed by atoms with E-state index in [1.54, 1.807) is 25.3 Å². The van der Waals surface area contributed by atoms with E-state index in [0.29, 0.717) is 29.5 Å². The number of hydrogen-bond acceptors (Lipinski definition) is 4. The molecule has 136 valence electrons. The molecule has 2 aromatic rings. The van der Waals surface area contributed by atoms with Crippen molar-refractivity contribution in [2.24, 2.45) is 0 Å². The van der Waals surface area contributed by atoms with Crippen molar-refractivity contribution in [1.29, 1.82) is 0 Å². The summed E-state index contributed by atoms with van der Waals surface area (Å²) in [6.45, 7) is 2.71. The molecule has 5 nitrogen and oxygen atoms in total. The van der Waals surface area contributed by atoms with Crippen LogP contribution in [0.3, 0.4) is 0 Å². The molecule has 1 N–H and O–H groups in total. The average Bonchev–Trinajstić information content (AvgIpc) is 3.09. The third-order valence-corrected chi connectivity index (χ3v) is 4.29. The summed E-state index contributed by atoms with van der Waals surface area (Å²) in [6.07, 6.45) is 3.86. The van der Waals surface area contributed by atoms with Crippen LogP contribution in [0.25, 0.3) is 6.08 Å². The van der Waals surface area contributed by atoms with Gasteiger partial charge in [-0.1, -0.05) is 29.3 Å². The monoisotopic (exact) mass is 373 g/mol. The average molecular weight is 374 g/mol. The first-order valence-corrected chi connectivity index (χ1v) is 8.63. The Morgan fingerprint density at radius 3 is 2.96 bits per heavy atom. The molecule has 6 heteroatoms. The van der Waals surface area contributed by atoms with E-state index in [0.717, 1.165) is 22.4 Å². The van der Waals surface area contributed by atoms with Crippen molar-refractivity contribution in [2.75, 3.05) is 20.4 Å². The first kappa shape index (κ1) is 18.1. The Bertz CT molecular complexity index is 848. The predicted molar refractivity (Wildman–Crippen MR) is 101 cm³/mol. The van der Waals surface area contributed by atoms with E-state index in [-0.39, 0.29) is 12.7 Å². The van der Waals surface area contributed by atoms with Gasteiger partial charge in [0.1, 0.15) is 5.75 Å². The van der Waals surface area contributed by atoms with Crippen LogP contribution < -0.4 is 19.5 Å². The molecule has 1 heterocycles. The van der Waals surface area contributed by atoms with Crippen LogP contribution in [0.15, 0.2) is 36.4 Å². The number of carbonyl (C=O) groups excluding carboxylic acids is 1. The highest BCUT2D eigenvalue weighted by Gasteiger charge is 2.17. The minimum atomic E-state index is -0.176. The van der Waals surface area contributed by atoms with Gasteiger partial charge < -0.3 is 19.5 Å². The summed E-state index contributed by atoms with van der Waals surface area (Å²) in [5.41, 5.74) is 3.00. The number of methoxy groups -OCH3 is 1. The standard InChI is InChI=1S/C20H20ClNO4/c1-13-3-5-17(24-2)15(9-13)7-8-22-19(23)6-4-14-10-16(21)20-18(11-14)25-12-26-20/h3-6,9-11H,7-8,12H2,1-2H3,(H,22,23)/b6-4+. The Morgan fingerprint density at radius 1 is 1.31 bits per heavy atom. The second-order valence-corrected chi connectivity index (χ2v) is 6.33. The fourth-order valence-electron chi connectivity index (χ4n) is 2.74. The molecule has 0 unspecified atom stereocenters. The van der Waals surface area contributed by atoms with Crippen LogP contribution in [-0.4, -0.2) is 26.4 Å². The van der Waals surface area contributed by atoms with Crippen molar-refractivity contribution < 1.29 is 19.0 Å². The van der Waals surface area contributed by atoms with Crippen LogP contribution in [0.2, 0.25) is 5.02 Å². The Balaban J connectivity index is 1.56. The summed E-state index contributed by atoms with van der Waals surface area (Å²) in [7, 11) is 1.64. The maximum absolute atomic E-state index is 12.0. The molecule has 0 bridgehead atoms. The lowest BCUT2D eigenvalue weighted by atomic mass is 10.1. The zero-order valence-electron chi connectivity index (χ0n) is 14.7. The van der Waals surface area contributed by atoms with Gasteiger partial charge in [0.25, 0.3) is 0 Å². The van der Waals surface area contributed by atoms with Crippen molar-refractivity contribution >= 4 is 23.6 Å². The Kier molecular flexibility index (Phi) is 5.68. The van der Waals surface area contributed by atoms with Gasteiger partial charge in [0, 0.05) is 12.6 Å². The number of rotatable bonds is 6. The Labute approximate surface area is 157 Å². The molecule has 0 radical (unpaired) electrons. The summed E-state index contributed by atoms with van der Waals surface area (Å²) in [4.78, 5) is 12.0. The lowest BCUT2D eigenvalue weighted by Gasteiger charge is -2.09. The van der Waals surface area contributed by atoms with Crippen LogP contribution in [0.1, 0.15) is 16.7 Å². The van der Waals surface area contributed by atoms with Crippen molar-refractivity contribution in [3.63, 3.8) is 0 Å². The van der Waals surface area contributed by atoms with Crippen LogP contribution >= 0.6 is 11.6 Å². The lowest BCUT2D eigenvalue weighted by Crippen LogP contribution is -2.23. The van der Waals surface area contributed by atoms with E-state index in [1.165, 1.54) is 6.08 Å². The number of hydrogen-bond donors (Lipinski definition) is 1. The quantitative estimate of drug-likeness (QED) is 0.783. The number of benzene rings is 2. The third kappa shape index (κ3) is 4.29. The third-order valence-electron chi connectivity index (χ3n) is 4.01. The number of halogens is 1. The number of ether oxygens (including phenoxy) is 3. The zero-order valence-corrected chi connectivity index (χ0v) is 15.4. The Hall–Kier alpha value is -2.66. The van der Waals surface area contributed by atoms with Gasteiger partial charge in [-0.05, 0) is 48.7 Å². The van der Waals surface area contributed by atoms with Crippen LogP contribution in [0, 0.1) is 6.92 Å². The molecule has 0 saturated heterocycles. The van der Waals surface area contributed by atoms with E-state index in [1.807, 2.05) is 19.1 Å². The van der Waals surface area contributed by atoms with E-state index in [2.05, 4.69) is 11.4 Å². The maximum Gasteiger partial charge on any atom is 0.244 e. The summed E-state index contributed by atoms with van der Waals surface area (Å²) in [5, 5.41) is 3.33. The lowest BCUT2D eigenvalue weighted by molar-refractivity contribution is -0.116. The first-order chi connectivity index (χ1) is 12.6.